The van der Waals surface area contributed by atoms with Gasteiger partial charge < -0.3 is 24.0 Å². The van der Waals surface area contributed by atoms with Gasteiger partial charge in [-0.25, -0.2) is 0 Å². The summed E-state index contributed by atoms with van der Waals surface area (Å²) in [5, 5.41) is 2.01. The maximum atomic E-state index is 13.6. The van der Waals surface area contributed by atoms with E-state index >= 15 is 0 Å². The third-order valence-electron chi connectivity index (χ3n) is 6.48. The number of carbonyl (C=O) groups excluding carboxylic acids is 2. The Labute approximate surface area is 229 Å². The highest BCUT2D eigenvalue weighted by atomic mass is 32.1. The van der Waals surface area contributed by atoms with Gasteiger partial charge in [0.1, 0.15) is 13.2 Å². The van der Waals surface area contributed by atoms with Gasteiger partial charge in [-0.2, -0.15) is 0 Å². The van der Waals surface area contributed by atoms with Crippen molar-refractivity contribution < 1.29 is 23.8 Å². The Morgan fingerprint density at radius 1 is 0.921 bits per heavy atom. The van der Waals surface area contributed by atoms with Crippen LogP contribution in [-0.2, 0) is 33.9 Å². The first-order valence-electron chi connectivity index (χ1n) is 12.9. The SMILES string of the molecule is CCC(C)N(CC(=O)N(CCc1ccc(OC)c(OC)c1)Cc1cccs1)C(=O)COCc1ccccc1. The van der Waals surface area contributed by atoms with E-state index < -0.39 is 0 Å². The molecule has 1 heterocycles. The van der Waals surface area contributed by atoms with Crippen LogP contribution in [0, 0.1) is 0 Å². The first kappa shape index (κ1) is 29.2. The summed E-state index contributed by atoms with van der Waals surface area (Å²) in [4.78, 5) is 31.3. The summed E-state index contributed by atoms with van der Waals surface area (Å²) in [5.74, 6) is 1.06. The van der Waals surface area contributed by atoms with Gasteiger partial charge >= 0.3 is 0 Å². The van der Waals surface area contributed by atoms with Crippen molar-refractivity contribution in [2.24, 2.45) is 0 Å². The van der Waals surface area contributed by atoms with Crippen molar-refractivity contribution in [2.45, 2.75) is 45.9 Å². The molecule has 0 fully saturated rings. The van der Waals surface area contributed by atoms with E-state index in [1.165, 1.54) is 0 Å². The molecule has 0 aliphatic heterocycles. The zero-order valence-electron chi connectivity index (χ0n) is 22.7. The summed E-state index contributed by atoms with van der Waals surface area (Å²) in [7, 11) is 3.22. The zero-order valence-corrected chi connectivity index (χ0v) is 23.5. The first-order valence-corrected chi connectivity index (χ1v) is 13.7. The van der Waals surface area contributed by atoms with Crippen LogP contribution >= 0.6 is 11.3 Å². The van der Waals surface area contributed by atoms with Gasteiger partial charge in [0.2, 0.25) is 11.8 Å². The summed E-state index contributed by atoms with van der Waals surface area (Å²) in [6, 6.07) is 19.5. The fourth-order valence-electron chi connectivity index (χ4n) is 4.05. The molecule has 2 amide bonds. The topological polar surface area (TPSA) is 68.3 Å². The highest BCUT2D eigenvalue weighted by Gasteiger charge is 2.25. The van der Waals surface area contributed by atoms with Gasteiger partial charge in [0.15, 0.2) is 11.5 Å². The second-order valence-electron chi connectivity index (χ2n) is 9.09. The predicted molar refractivity (Wildman–Crippen MR) is 151 cm³/mol. The van der Waals surface area contributed by atoms with Gasteiger partial charge in [-0.1, -0.05) is 49.4 Å². The molecule has 1 unspecified atom stereocenters. The van der Waals surface area contributed by atoms with Gasteiger partial charge in [0, 0.05) is 17.5 Å². The van der Waals surface area contributed by atoms with Crippen LogP contribution in [0.25, 0.3) is 0 Å². The maximum Gasteiger partial charge on any atom is 0.249 e. The molecule has 0 bridgehead atoms. The standard InChI is InChI=1S/C30H38N2O5S/c1-5-23(2)32(30(34)22-37-21-25-10-7-6-8-11-25)20-29(33)31(19-26-12-9-17-38-26)16-15-24-13-14-27(35-3)28(18-24)36-4/h6-14,17-18,23H,5,15-16,19-22H2,1-4H3. The van der Waals surface area contributed by atoms with Crippen molar-refractivity contribution in [1.82, 2.24) is 9.80 Å². The molecule has 2 aromatic carbocycles. The van der Waals surface area contributed by atoms with E-state index in [1.807, 2.05) is 84.8 Å². The third-order valence-corrected chi connectivity index (χ3v) is 7.34. The van der Waals surface area contributed by atoms with E-state index in [2.05, 4.69) is 0 Å². The number of benzene rings is 2. The summed E-state index contributed by atoms with van der Waals surface area (Å²) < 4.78 is 16.5. The summed E-state index contributed by atoms with van der Waals surface area (Å²) in [5.41, 5.74) is 2.04. The highest BCUT2D eigenvalue weighted by Crippen LogP contribution is 2.28. The second kappa shape index (κ2) is 15.1. The number of ether oxygens (including phenoxy) is 3. The van der Waals surface area contributed by atoms with Crippen LogP contribution in [0.5, 0.6) is 11.5 Å². The minimum absolute atomic E-state index is 0.0137. The molecule has 1 aromatic heterocycles. The second-order valence-corrected chi connectivity index (χ2v) is 10.1. The van der Waals surface area contributed by atoms with Gasteiger partial charge in [0.05, 0.1) is 27.4 Å². The number of hydrogen-bond acceptors (Lipinski definition) is 6. The smallest absolute Gasteiger partial charge is 0.249 e. The van der Waals surface area contributed by atoms with Crippen molar-refractivity contribution in [3.63, 3.8) is 0 Å². The summed E-state index contributed by atoms with van der Waals surface area (Å²) >= 11 is 1.62. The van der Waals surface area contributed by atoms with Gasteiger partial charge in [-0.3, -0.25) is 9.59 Å². The molecule has 204 valence electrons. The van der Waals surface area contributed by atoms with E-state index in [4.69, 9.17) is 14.2 Å². The fourth-order valence-corrected chi connectivity index (χ4v) is 4.77. The number of thiophene rings is 1. The van der Waals surface area contributed by atoms with Crippen LogP contribution < -0.4 is 9.47 Å². The van der Waals surface area contributed by atoms with Crippen LogP contribution in [0.4, 0.5) is 0 Å². The molecule has 0 aliphatic carbocycles. The maximum absolute atomic E-state index is 13.6. The van der Waals surface area contributed by atoms with Crippen LogP contribution in [-0.4, -0.2) is 61.6 Å². The zero-order chi connectivity index (χ0) is 27.3. The Hall–Kier alpha value is -3.36. The van der Waals surface area contributed by atoms with Crippen molar-refractivity contribution in [1.29, 1.82) is 0 Å². The number of amides is 2. The van der Waals surface area contributed by atoms with E-state index in [0.717, 1.165) is 22.4 Å². The van der Waals surface area contributed by atoms with E-state index in [0.29, 0.717) is 37.6 Å². The Morgan fingerprint density at radius 2 is 1.68 bits per heavy atom. The lowest BCUT2D eigenvalue weighted by molar-refractivity contribution is -0.145. The van der Waals surface area contributed by atoms with Crippen LogP contribution in [0.3, 0.4) is 0 Å². The Kier molecular flexibility index (Phi) is 11.6. The molecule has 7 nitrogen and oxygen atoms in total. The van der Waals surface area contributed by atoms with Gasteiger partial charge in [0.25, 0.3) is 0 Å². The molecular formula is C30H38N2O5S. The van der Waals surface area contributed by atoms with Gasteiger partial charge in [-0.15, -0.1) is 11.3 Å². The average molecular weight is 539 g/mol. The van der Waals surface area contributed by atoms with E-state index in [1.54, 1.807) is 30.5 Å². The molecule has 0 N–H and O–H groups in total. The molecule has 8 heteroatoms. The summed E-state index contributed by atoms with van der Waals surface area (Å²) in [6.45, 7) is 5.29. The number of hydrogen-bond donors (Lipinski definition) is 0. The monoisotopic (exact) mass is 538 g/mol. The lowest BCUT2D eigenvalue weighted by atomic mass is 10.1. The van der Waals surface area contributed by atoms with Crippen LogP contribution in [0.15, 0.2) is 66.0 Å². The van der Waals surface area contributed by atoms with Crippen molar-refractivity contribution >= 4 is 23.2 Å². The Bertz CT molecular complexity index is 1140. The molecule has 0 radical (unpaired) electrons. The Balaban J connectivity index is 1.68. The minimum atomic E-state index is -0.181. The first-order chi connectivity index (χ1) is 18.4. The quantitative estimate of drug-likeness (QED) is 0.267. The molecule has 3 aromatic rings. The molecule has 0 aliphatic rings. The highest BCUT2D eigenvalue weighted by molar-refractivity contribution is 7.09. The van der Waals surface area contributed by atoms with E-state index in [9.17, 15) is 9.59 Å². The molecule has 0 saturated heterocycles. The van der Waals surface area contributed by atoms with Crippen molar-refractivity contribution in [2.75, 3.05) is 33.9 Å². The largest absolute Gasteiger partial charge is 0.493 e. The molecule has 3 rings (SSSR count). The number of nitrogens with zero attached hydrogens (tertiary/aromatic N) is 2. The Morgan fingerprint density at radius 3 is 2.34 bits per heavy atom. The molecule has 0 saturated carbocycles. The van der Waals surface area contributed by atoms with E-state index in [-0.39, 0.29) is 31.0 Å². The normalized spacial score (nSPS) is 11.6. The molecule has 1 atom stereocenters. The van der Waals surface area contributed by atoms with Crippen molar-refractivity contribution in [3.8, 4) is 11.5 Å². The summed E-state index contributed by atoms with van der Waals surface area (Å²) in [6.07, 6.45) is 1.39. The van der Waals surface area contributed by atoms with Gasteiger partial charge in [-0.05, 0) is 54.5 Å². The van der Waals surface area contributed by atoms with Crippen LogP contribution in [0.1, 0.15) is 36.3 Å². The molecular weight excluding hydrogens is 500 g/mol. The predicted octanol–water partition coefficient (Wildman–Crippen LogP) is 5.18. The lowest BCUT2D eigenvalue weighted by Gasteiger charge is -2.31. The molecule has 38 heavy (non-hydrogen) atoms. The van der Waals surface area contributed by atoms with Crippen LogP contribution in [0.2, 0.25) is 0 Å². The average Bonchev–Trinajstić information content (AvgIpc) is 3.47. The lowest BCUT2D eigenvalue weighted by Crippen LogP contribution is -2.48. The number of rotatable bonds is 15. The number of carbonyl (C=O) groups is 2. The third kappa shape index (κ3) is 8.60. The van der Waals surface area contributed by atoms with Crippen molar-refractivity contribution in [3.05, 3.63) is 82.0 Å². The number of methoxy groups -OCH3 is 2. The minimum Gasteiger partial charge on any atom is -0.493 e. The molecule has 0 spiro atoms. The fraction of sp³-hybridized carbons (Fsp3) is 0.400.